The first-order valence-corrected chi connectivity index (χ1v) is 7.64. The number of pyridine rings is 1. The molecule has 1 amide bonds. The number of carbonyl (C=O) groups is 1. The molecule has 0 fully saturated rings. The average molecular weight is 338 g/mol. The zero-order valence-electron chi connectivity index (χ0n) is 12.2. The van der Waals surface area contributed by atoms with E-state index in [-0.39, 0.29) is 12.5 Å². The van der Waals surface area contributed by atoms with Gasteiger partial charge in [0.05, 0.1) is 22.3 Å². The molecule has 0 spiro atoms. The Morgan fingerprint density at radius 2 is 1.82 bits per heavy atom. The highest BCUT2D eigenvalue weighted by molar-refractivity contribution is 6.39. The maximum absolute atomic E-state index is 12.1. The van der Waals surface area contributed by atoms with Gasteiger partial charge in [-0.3, -0.25) is 9.78 Å². The van der Waals surface area contributed by atoms with Crippen molar-refractivity contribution in [2.24, 2.45) is 0 Å². The van der Waals surface area contributed by atoms with Crippen LogP contribution in [0.1, 0.15) is 5.56 Å². The highest BCUT2D eigenvalue weighted by Gasteiger charge is 2.11. The normalized spacial score (nSPS) is 10.3. The summed E-state index contributed by atoms with van der Waals surface area (Å²) < 4.78 is 0. The maximum atomic E-state index is 12.1. The van der Waals surface area contributed by atoms with E-state index in [9.17, 15) is 4.79 Å². The van der Waals surface area contributed by atoms with Crippen LogP contribution in [0.3, 0.4) is 0 Å². The van der Waals surface area contributed by atoms with Crippen LogP contribution in [0.15, 0.2) is 42.7 Å². The minimum absolute atomic E-state index is 0.0231. The van der Waals surface area contributed by atoms with Crippen molar-refractivity contribution < 1.29 is 4.79 Å². The Bertz CT molecular complexity index is 614. The van der Waals surface area contributed by atoms with Gasteiger partial charge in [0, 0.05) is 26.0 Å². The Hall–Kier alpha value is -1.78. The van der Waals surface area contributed by atoms with Crippen LogP contribution in [0.5, 0.6) is 0 Å². The van der Waals surface area contributed by atoms with Gasteiger partial charge >= 0.3 is 0 Å². The Morgan fingerprint density at radius 3 is 2.45 bits per heavy atom. The minimum atomic E-state index is -0.0231. The topological polar surface area (TPSA) is 45.2 Å². The van der Waals surface area contributed by atoms with Gasteiger partial charge in [-0.05, 0) is 36.2 Å². The fourth-order valence-corrected chi connectivity index (χ4v) is 2.47. The third-order valence-corrected chi connectivity index (χ3v) is 3.92. The highest BCUT2D eigenvalue weighted by Crippen LogP contribution is 2.29. The highest BCUT2D eigenvalue weighted by atomic mass is 35.5. The predicted molar refractivity (Wildman–Crippen MR) is 90.5 cm³/mol. The van der Waals surface area contributed by atoms with Crippen molar-refractivity contribution in [3.63, 3.8) is 0 Å². The molecule has 2 aromatic rings. The number of nitrogens with one attached hydrogen (secondary N) is 1. The van der Waals surface area contributed by atoms with Crippen LogP contribution < -0.4 is 5.32 Å². The SMILES string of the molecule is CN(CCc1ccncc1)C(=O)CNc1c(Cl)cccc1Cl. The Balaban J connectivity index is 1.84. The molecule has 4 nitrogen and oxygen atoms in total. The molecule has 1 N–H and O–H groups in total. The molecule has 2 rings (SSSR count). The van der Waals surface area contributed by atoms with E-state index < -0.39 is 0 Å². The maximum Gasteiger partial charge on any atom is 0.241 e. The minimum Gasteiger partial charge on any atom is -0.374 e. The van der Waals surface area contributed by atoms with Crippen molar-refractivity contribution in [1.82, 2.24) is 9.88 Å². The van der Waals surface area contributed by atoms with Crippen LogP contribution >= 0.6 is 23.2 Å². The standard InChI is InChI=1S/C16H17Cl2N3O/c1-21(10-7-12-5-8-19-9-6-12)15(22)11-20-16-13(17)3-2-4-14(16)18/h2-6,8-9,20H,7,10-11H2,1H3. The molecule has 0 radical (unpaired) electrons. The number of benzene rings is 1. The lowest BCUT2D eigenvalue weighted by Crippen LogP contribution is -2.33. The van der Waals surface area contributed by atoms with E-state index in [1.165, 1.54) is 0 Å². The lowest BCUT2D eigenvalue weighted by atomic mass is 10.2. The molecule has 0 atom stereocenters. The number of hydrogen-bond acceptors (Lipinski definition) is 3. The van der Waals surface area contributed by atoms with Crippen LogP contribution in [0.25, 0.3) is 0 Å². The summed E-state index contributed by atoms with van der Waals surface area (Å²) >= 11 is 12.1. The molecule has 0 saturated heterocycles. The van der Waals surface area contributed by atoms with E-state index in [4.69, 9.17) is 23.2 Å². The first-order chi connectivity index (χ1) is 10.6. The summed E-state index contributed by atoms with van der Waals surface area (Å²) in [5.74, 6) is -0.0231. The van der Waals surface area contributed by atoms with Gasteiger partial charge in [-0.1, -0.05) is 29.3 Å². The van der Waals surface area contributed by atoms with Gasteiger partial charge in [-0.15, -0.1) is 0 Å². The third-order valence-electron chi connectivity index (χ3n) is 3.29. The fraction of sp³-hybridized carbons (Fsp3) is 0.250. The molecule has 6 heteroatoms. The van der Waals surface area contributed by atoms with Gasteiger partial charge in [-0.2, -0.15) is 0 Å². The Morgan fingerprint density at radius 1 is 1.18 bits per heavy atom. The number of hydrogen-bond donors (Lipinski definition) is 1. The Labute approximate surface area is 140 Å². The lowest BCUT2D eigenvalue weighted by Gasteiger charge is -2.18. The van der Waals surface area contributed by atoms with Crippen molar-refractivity contribution >= 4 is 34.8 Å². The number of aromatic nitrogens is 1. The van der Waals surface area contributed by atoms with Gasteiger partial charge in [0.25, 0.3) is 0 Å². The smallest absolute Gasteiger partial charge is 0.241 e. The van der Waals surface area contributed by atoms with Crippen molar-refractivity contribution in [2.45, 2.75) is 6.42 Å². The van der Waals surface area contributed by atoms with Crippen molar-refractivity contribution in [2.75, 3.05) is 25.5 Å². The average Bonchev–Trinajstić information content (AvgIpc) is 2.53. The van der Waals surface area contributed by atoms with Crippen molar-refractivity contribution in [3.8, 4) is 0 Å². The molecule has 0 saturated carbocycles. The lowest BCUT2D eigenvalue weighted by molar-refractivity contribution is -0.127. The van der Waals surface area contributed by atoms with Crippen LogP contribution in [0, 0.1) is 0 Å². The molecular weight excluding hydrogens is 321 g/mol. The predicted octanol–water partition coefficient (Wildman–Crippen LogP) is 3.50. The second-order valence-corrected chi connectivity index (χ2v) is 5.69. The van der Waals surface area contributed by atoms with Crippen LogP contribution in [-0.4, -0.2) is 35.9 Å². The van der Waals surface area contributed by atoms with Gasteiger partial charge < -0.3 is 10.2 Å². The summed E-state index contributed by atoms with van der Waals surface area (Å²) in [5, 5.41) is 3.99. The molecule has 0 unspecified atom stereocenters. The molecule has 1 aromatic heterocycles. The quantitative estimate of drug-likeness (QED) is 0.877. The summed E-state index contributed by atoms with van der Waals surface area (Å²) in [5.41, 5.74) is 1.73. The van der Waals surface area contributed by atoms with Crippen LogP contribution in [-0.2, 0) is 11.2 Å². The second kappa shape index (κ2) is 8.01. The third kappa shape index (κ3) is 4.61. The monoisotopic (exact) mass is 337 g/mol. The number of rotatable bonds is 6. The number of halogens is 2. The van der Waals surface area contributed by atoms with E-state index in [0.717, 1.165) is 12.0 Å². The van der Waals surface area contributed by atoms with Gasteiger partial charge in [0.2, 0.25) is 5.91 Å². The molecule has 1 aromatic carbocycles. The van der Waals surface area contributed by atoms with Crippen molar-refractivity contribution in [3.05, 3.63) is 58.3 Å². The summed E-state index contributed by atoms with van der Waals surface area (Å²) in [4.78, 5) is 17.8. The first kappa shape index (κ1) is 16.6. The van der Waals surface area contributed by atoms with Gasteiger partial charge in [0.15, 0.2) is 0 Å². The number of carbonyl (C=O) groups excluding carboxylic acids is 1. The number of likely N-dealkylation sites (N-methyl/N-ethyl adjacent to an activating group) is 1. The molecule has 116 valence electrons. The summed E-state index contributed by atoms with van der Waals surface area (Å²) in [6.07, 6.45) is 4.29. The van der Waals surface area contributed by atoms with Crippen LogP contribution in [0.4, 0.5) is 5.69 Å². The van der Waals surface area contributed by atoms with E-state index in [1.54, 1.807) is 42.5 Å². The molecule has 0 aliphatic rings. The molecular formula is C16H17Cl2N3O. The van der Waals surface area contributed by atoms with E-state index in [0.29, 0.717) is 22.3 Å². The molecule has 0 aliphatic carbocycles. The second-order valence-electron chi connectivity index (χ2n) is 4.87. The summed E-state index contributed by atoms with van der Waals surface area (Å²) in [6, 6.07) is 9.11. The zero-order valence-corrected chi connectivity index (χ0v) is 13.7. The first-order valence-electron chi connectivity index (χ1n) is 6.88. The number of amides is 1. The van der Waals surface area contributed by atoms with Crippen LogP contribution in [0.2, 0.25) is 10.0 Å². The number of anilines is 1. The molecule has 0 aliphatic heterocycles. The molecule has 0 bridgehead atoms. The molecule has 22 heavy (non-hydrogen) atoms. The van der Waals surface area contributed by atoms with Gasteiger partial charge in [0.1, 0.15) is 0 Å². The van der Waals surface area contributed by atoms with Crippen molar-refractivity contribution in [1.29, 1.82) is 0 Å². The van der Waals surface area contributed by atoms with Gasteiger partial charge in [-0.25, -0.2) is 0 Å². The van der Waals surface area contributed by atoms with E-state index in [2.05, 4.69) is 10.3 Å². The number of nitrogens with zero attached hydrogens (tertiary/aromatic N) is 2. The summed E-state index contributed by atoms with van der Waals surface area (Å²) in [7, 11) is 1.78. The zero-order chi connectivity index (χ0) is 15.9. The summed E-state index contributed by atoms with van der Waals surface area (Å²) in [6.45, 7) is 0.789. The fourth-order valence-electron chi connectivity index (χ4n) is 1.94. The molecule has 1 heterocycles. The van der Waals surface area contributed by atoms with E-state index >= 15 is 0 Å². The Kier molecular flexibility index (Phi) is 6.04. The largest absolute Gasteiger partial charge is 0.374 e. The number of para-hydroxylation sites is 1. The van der Waals surface area contributed by atoms with E-state index in [1.807, 2.05) is 12.1 Å².